The molecule has 0 aromatic heterocycles. The Bertz CT molecular complexity index is 618. The molecule has 1 N–H and O–H groups in total. The molecule has 0 radical (unpaired) electrons. The molecular formula is C14H18ClNO6S. The molecule has 1 aliphatic rings. The number of hydrogen-bond donors (Lipinski definition) is 1. The molecule has 1 aliphatic heterocycles. The lowest BCUT2D eigenvalue weighted by atomic mass is 10.2. The maximum atomic E-state index is 12.0. The van der Waals surface area contributed by atoms with E-state index in [1.54, 1.807) is 39.0 Å². The van der Waals surface area contributed by atoms with Gasteiger partial charge in [0.15, 0.2) is 17.6 Å². The van der Waals surface area contributed by atoms with Gasteiger partial charge < -0.3 is 14.2 Å². The number of halogens is 1. The number of nitrogens with zero attached hydrogens (tertiary/aromatic N) is 1. The number of rotatable bonds is 3. The van der Waals surface area contributed by atoms with E-state index in [1.807, 2.05) is 0 Å². The lowest BCUT2D eigenvalue weighted by Crippen LogP contribution is -2.46. The molecule has 7 nitrogen and oxygen atoms in total. The minimum atomic E-state index is -2.53. The Morgan fingerprint density at radius 2 is 2.17 bits per heavy atom. The molecule has 128 valence electrons. The molecule has 2 rings (SSSR count). The fourth-order valence-corrected chi connectivity index (χ4v) is 2.50. The molecule has 0 bridgehead atoms. The summed E-state index contributed by atoms with van der Waals surface area (Å²) in [7, 11) is 0. The van der Waals surface area contributed by atoms with Crippen LogP contribution in [-0.4, -0.2) is 44.0 Å². The first-order valence-electron chi connectivity index (χ1n) is 6.86. The number of carbonyl (C=O) groups excluding carboxylic acids is 1. The van der Waals surface area contributed by atoms with Crippen LogP contribution in [0.25, 0.3) is 0 Å². The van der Waals surface area contributed by atoms with Crippen molar-refractivity contribution in [3.8, 4) is 11.5 Å². The second kappa shape index (κ2) is 6.94. The van der Waals surface area contributed by atoms with Crippen LogP contribution in [-0.2, 0) is 16.0 Å². The van der Waals surface area contributed by atoms with Gasteiger partial charge in [0.25, 0.3) is 11.3 Å². The number of amides is 1. The van der Waals surface area contributed by atoms with Crippen LogP contribution in [0.1, 0.15) is 20.8 Å². The number of fused-ring (bicyclic) bond motifs is 1. The van der Waals surface area contributed by atoms with E-state index in [2.05, 4.69) is 0 Å². The summed E-state index contributed by atoms with van der Waals surface area (Å²) >= 11 is 3.33. The summed E-state index contributed by atoms with van der Waals surface area (Å²) in [5.41, 5.74) is -0.776. The highest BCUT2D eigenvalue weighted by Crippen LogP contribution is 2.34. The zero-order chi connectivity index (χ0) is 17.2. The van der Waals surface area contributed by atoms with E-state index in [-0.39, 0.29) is 13.2 Å². The smallest absolute Gasteiger partial charge is 0.424 e. The zero-order valence-corrected chi connectivity index (χ0v) is 14.5. The van der Waals surface area contributed by atoms with Gasteiger partial charge >= 0.3 is 6.09 Å². The van der Waals surface area contributed by atoms with Gasteiger partial charge in [-0.2, -0.15) is 4.31 Å². The van der Waals surface area contributed by atoms with Crippen molar-refractivity contribution in [3.63, 3.8) is 0 Å². The molecule has 1 aromatic carbocycles. The van der Waals surface area contributed by atoms with Crippen molar-refractivity contribution in [3.05, 3.63) is 23.2 Å². The Morgan fingerprint density at radius 3 is 2.78 bits per heavy atom. The van der Waals surface area contributed by atoms with Crippen LogP contribution in [0.2, 0.25) is 5.02 Å². The van der Waals surface area contributed by atoms with Crippen LogP contribution in [0.5, 0.6) is 11.5 Å². The predicted octanol–water partition coefficient (Wildman–Crippen LogP) is 2.85. The van der Waals surface area contributed by atoms with Gasteiger partial charge in [-0.15, -0.1) is 0 Å². The Hall–Kier alpha value is -1.51. The van der Waals surface area contributed by atoms with Gasteiger partial charge in [0.1, 0.15) is 12.2 Å². The van der Waals surface area contributed by atoms with Gasteiger partial charge in [-0.05, 0) is 32.9 Å². The van der Waals surface area contributed by atoms with Crippen molar-refractivity contribution < 1.29 is 27.8 Å². The highest BCUT2D eigenvalue weighted by molar-refractivity contribution is 7.77. The molecule has 0 saturated heterocycles. The molecule has 0 saturated carbocycles. The largest absolute Gasteiger partial charge is 0.486 e. The fraction of sp³-hybridized carbons (Fsp3) is 0.500. The Labute approximate surface area is 141 Å². The average molecular weight is 364 g/mol. The van der Waals surface area contributed by atoms with Crippen molar-refractivity contribution in [1.82, 2.24) is 4.31 Å². The predicted molar refractivity (Wildman–Crippen MR) is 85.1 cm³/mol. The molecule has 9 heteroatoms. The zero-order valence-electron chi connectivity index (χ0n) is 12.9. The molecule has 1 amide bonds. The quantitative estimate of drug-likeness (QED) is 0.831. The highest BCUT2D eigenvalue weighted by atomic mass is 35.5. The molecular weight excluding hydrogens is 346 g/mol. The van der Waals surface area contributed by atoms with Crippen LogP contribution >= 0.6 is 11.6 Å². The van der Waals surface area contributed by atoms with Crippen LogP contribution in [0.3, 0.4) is 0 Å². The third-order valence-electron chi connectivity index (χ3n) is 2.78. The molecule has 0 fully saturated rings. The molecule has 1 unspecified atom stereocenters. The lowest BCUT2D eigenvalue weighted by Gasteiger charge is -2.30. The van der Waals surface area contributed by atoms with Crippen molar-refractivity contribution >= 4 is 29.0 Å². The molecule has 1 aromatic rings. The summed E-state index contributed by atoms with van der Waals surface area (Å²) in [6, 6.07) is 4.89. The molecule has 0 aliphatic carbocycles. The van der Waals surface area contributed by atoms with E-state index in [1.165, 1.54) is 0 Å². The maximum Gasteiger partial charge on any atom is 0.424 e. The SMILES string of the molecule is CC(C)(C)OC(=O)N(C[C@H]1COc2cc(Cl)ccc2O1)S(=O)O. The maximum absolute atomic E-state index is 12.0. The molecule has 0 spiro atoms. The highest BCUT2D eigenvalue weighted by Gasteiger charge is 2.31. The summed E-state index contributed by atoms with van der Waals surface area (Å²) < 4.78 is 37.7. The van der Waals surface area contributed by atoms with Gasteiger partial charge in [-0.1, -0.05) is 11.6 Å². The molecule has 2 atom stereocenters. The first-order chi connectivity index (χ1) is 10.7. The fourth-order valence-electron chi connectivity index (χ4n) is 1.88. The average Bonchev–Trinajstić information content (AvgIpc) is 2.42. The number of benzene rings is 1. The van der Waals surface area contributed by atoms with Crippen molar-refractivity contribution in [2.24, 2.45) is 0 Å². The van der Waals surface area contributed by atoms with E-state index in [4.69, 9.17) is 25.8 Å². The Kier molecular flexibility index (Phi) is 5.38. The topological polar surface area (TPSA) is 85.3 Å². The van der Waals surface area contributed by atoms with Gasteiger partial charge in [-0.25, -0.2) is 9.00 Å². The van der Waals surface area contributed by atoms with Crippen LogP contribution in [0.4, 0.5) is 4.79 Å². The van der Waals surface area contributed by atoms with E-state index in [9.17, 15) is 13.6 Å². The van der Waals surface area contributed by atoms with E-state index in [0.29, 0.717) is 20.8 Å². The van der Waals surface area contributed by atoms with E-state index >= 15 is 0 Å². The standard InChI is InChI=1S/C14H18ClNO6S/c1-14(2,3)22-13(17)16(23(18)19)7-10-8-20-12-6-9(15)4-5-11(12)21-10/h4-6,10H,7-8H2,1-3H3,(H,18,19)/t10-/m0/s1. The summed E-state index contributed by atoms with van der Waals surface area (Å²) in [6.07, 6.45) is -1.50. The van der Waals surface area contributed by atoms with E-state index in [0.717, 1.165) is 0 Å². The summed E-state index contributed by atoms with van der Waals surface area (Å²) in [5, 5.41) is 0.512. The molecule has 23 heavy (non-hydrogen) atoms. The third kappa shape index (κ3) is 4.98. The monoisotopic (exact) mass is 363 g/mol. The normalized spacial score (nSPS) is 18.2. The lowest BCUT2D eigenvalue weighted by molar-refractivity contribution is 0.0263. The first kappa shape index (κ1) is 17.8. The number of carbonyl (C=O) groups is 1. The Morgan fingerprint density at radius 1 is 1.48 bits per heavy atom. The van der Waals surface area contributed by atoms with Crippen LogP contribution in [0, 0.1) is 0 Å². The van der Waals surface area contributed by atoms with Gasteiger partial charge in [-0.3, -0.25) is 4.55 Å². The second-order valence-electron chi connectivity index (χ2n) is 5.91. The minimum Gasteiger partial charge on any atom is -0.486 e. The summed E-state index contributed by atoms with van der Waals surface area (Å²) in [6.45, 7) is 4.97. The van der Waals surface area contributed by atoms with Crippen molar-refractivity contribution in [2.45, 2.75) is 32.5 Å². The molecule has 1 heterocycles. The minimum absolute atomic E-state index is 0.115. The van der Waals surface area contributed by atoms with Crippen LogP contribution in [0.15, 0.2) is 18.2 Å². The van der Waals surface area contributed by atoms with Crippen molar-refractivity contribution in [1.29, 1.82) is 0 Å². The van der Waals surface area contributed by atoms with Gasteiger partial charge in [0, 0.05) is 11.1 Å². The second-order valence-corrected chi connectivity index (χ2v) is 7.25. The van der Waals surface area contributed by atoms with Crippen LogP contribution < -0.4 is 9.47 Å². The summed E-state index contributed by atoms with van der Waals surface area (Å²) in [4.78, 5) is 12.0. The van der Waals surface area contributed by atoms with Crippen molar-refractivity contribution in [2.75, 3.05) is 13.2 Å². The van der Waals surface area contributed by atoms with Gasteiger partial charge in [0.2, 0.25) is 0 Å². The van der Waals surface area contributed by atoms with E-state index < -0.39 is 29.1 Å². The summed E-state index contributed by atoms with van der Waals surface area (Å²) in [5.74, 6) is 0.946. The Balaban J connectivity index is 2.05. The first-order valence-corrected chi connectivity index (χ1v) is 8.30. The van der Waals surface area contributed by atoms with Gasteiger partial charge in [0.05, 0.1) is 6.54 Å². The third-order valence-corrected chi connectivity index (χ3v) is 3.69. The number of hydrogen-bond acceptors (Lipinski definition) is 5. The number of ether oxygens (including phenoxy) is 3.